The molecule has 0 radical (unpaired) electrons. The zero-order valence-corrected chi connectivity index (χ0v) is 7.46. The molecule has 0 spiro atoms. The fourth-order valence-corrected chi connectivity index (χ4v) is 2.86. The van der Waals surface area contributed by atoms with E-state index in [4.69, 9.17) is 18.7 Å². The number of hydrogen-bond acceptors (Lipinski definition) is 5. The predicted molar refractivity (Wildman–Crippen MR) is 39.6 cm³/mol. The minimum Gasteiger partial charge on any atom is -0.396 e. The van der Waals surface area contributed by atoms with Gasteiger partial charge in [-0.15, -0.1) is 0 Å². The normalized spacial score (nSPS) is 46.4. The molecule has 3 saturated heterocycles. The summed E-state index contributed by atoms with van der Waals surface area (Å²) in [5.74, 6) is 0. The largest absolute Gasteiger partial charge is 0.474 e. The number of phosphoric ester groups is 1. The van der Waals surface area contributed by atoms with Gasteiger partial charge in [0.1, 0.15) is 0 Å². The molecule has 0 aliphatic carbocycles. The zero-order valence-electron chi connectivity index (χ0n) is 6.56. The maximum absolute atomic E-state index is 11.3. The van der Waals surface area contributed by atoms with Crippen LogP contribution in [0.15, 0.2) is 0 Å². The standard InChI is InChI=1S/C6H11O5P/c7-2-1-6-3-9-12(8,10-4-6)11-5-6/h7H,1-5H2. The van der Waals surface area contributed by atoms with Gasteiger partial charge in [-0.1, -0.05) is 0 Å². The van der Waals surface area contributed by atoms with E-state index >= 15 is 0 Å². The van der Waals surface area contributed by atoms with Crippen molar-refractivity contribution in [2.75, 3.05) is 26.4 Å². The summed E-state index contributed by atoms with van der Waals surface area (Å²) in [6, 6.07) is 0. The van der Waals surface area contributed by atoms with Gasteiger partial charge in [-0.25, -0.2) is 4.57 Å². The van der Waals surface area contributed by atoms with Gasteiger partial charge >= 0.3 is 7.82 Å². The molecule has 12 heavy (non-hydrogen) atoms. The Balaban J connectivity index is 2.09. The van der Waals surface area contributed by atoms with E-state index in [1.165, 1.54) is 0 Å². The molecule has 3 fully saturated rings. The van der Waals surface area contributed by atoms with Crippen molar-refractivity contribution < 1.29 is 23.2 Å². The van der Waals surface area contributed by atoms with Gasteiger partial charge in [0.05, 0.1) is 19.8 Å². The van der Waals surface area contributed by atoms with Crippen LogP contribution in [0.3, 0.4) is 0 Å². The van der Waals surface area contributed by atoms with Gasteiger partial charge in [0, 0.05) is 12.0 Å². The third kappa shape index (κ3) is 1.32. The monoisotopic (exact) mass is 194 g/mol. The molecule has 0 atom stereocenters. The van der Waals surface area contributed by atoms with Crippen molar-refractivity contribution in [2.24, 2.45) is 5.41 Å². The summed E-state index contributed by atoms with van der Waals surface area (Å²) < 4.78 is 26.0. The SMILES string of the molecule is O=P12OCC(CCO)(CO1)CO2. The average molecular weight is 194 g/mol. The summed E-state index contributed by atoms with van der Waals surface area (Å²) in [5, 5.41) is 8.76. The van der Waals surface area contributed by atoms with E-state index in [1.54, 1.807) is 0 Å². The minimum absolute atomic E-state index is 0.0698. The summed E-state index contributed by atoms with van der Waals surface area (Å²) in [6.07, 6.45) is 0.562. The van der Waals surface area contributed by atoms with Crippen LogP contribution in [-0.4, -0.2) is 31.5 Å². The van der Waals surface area contributed by atoms with Crippen molar-refractivity contribution in [1.29, 1.82) is 0 Å². The fourth-order valence-electron chi connectivity index (χ4n) is 1.34. The summed E-state index contributed by atoms with van der Waals surface area (Å²) in [4.78, 5) is 0. The minimum atomic E-state index is -3.18. The third-order valence-electron chi connectivity index (χ3n) is 2.23. The highest BCUT2D eigenvalue weighted by molar-refractivity contribution is 7.48. The lowest BCUT2D eigenvalue weighted by molar-refractivity contribution is -0.102. The number of hydrogen-bond donors (Lipinski definition) is 1. The third-order valence-corrected chi connectivity index (χ3v) is 3.56. The second-order valence-electron chi connectivity index (χ2n) is 3.24. The summed E-state index contributed by atoms with van der Waals surface area (Å²) >= 11 is 0. The Labute approximate surface area is 70.2 Å². The Bertz CT molecular complexity index is 197. The van der Waals surface area contributed by atoms with Gasteiger partial charge in [-0.3, -0.25) is 13.6 Å². The van der Waals surface area contributed by atoms with Crippen molar-refractivity contribution >= 4 is 7.82 Å². The van der Waals surface area contributed by atoms with Crippen LogP contribution in [0.2, 0.25) is 0 Å². The van der Waals surface area contributed by atoms with Crippen LogP contribution in [-0.2, 0) is 18.1 Å². The van der Waals surface area contributed by atoms with E-state index < -0.39 is 7.82 Å². The number of fused-ring (bicyclic) bond motifs is 3. The van der Waals surface area contributed by atoms with E-state index in [0.29, 0.717) is 26.2 Å². The molecule has 3 rings (SSSR count). The molecular formula is C6H11O5P. The molecular weight excluding hydrogens is 183 g/mol. The van der Waals surface area contributed by atoms with Crippen molar-refractivity contribution in [2.45, 2.75) is 6.42 Å². The average Bonchev–Trinajstić information content (AvgIpc) is 2.08. The first-order valence-electron chi connectivity index (χ1n) is 3.83. The lowest BCUT2D eigenvalue weighted by Gasteiger charge is -2.43. The molecule has 6 heteroatoms. The van der Waals surface area contributed by atoms with Crippen molar-refractivity contribution in [3.63, 3.8) is 0 Å². The van der Waals surface area contributed by atoms with Crippen LogP contribution in [0.25, 0.3) is 0 Å². The molecule has 3 aliphatic rings. The van der Waals surface area contributed by atoms with E-state index in [0.717, 1.165) is 0 Å². The highest BCUT2D eigenvalue weighted by Gasteiger charge is 2.49. The quantitative estimate of drug-likeness (QED) is 0.650. The molecule has 3 aliphatic heterocycles. The van der Waals surface area contributed by atoms with Crippen LogP contribution in [0, 0.1) is 5.41 Å². The Morgan fingerprint density at radius 1 is 1.25 bits per heavy atom. The zero-order chi connectivity index (χ0) is 8.66. The van der Waals surface area contributed by atoms with Crippen molar-refractivity contribution in [3.05, 3.63) is 0 Å². The van der Waals surface area contributed by atoms with Gasteiger partial charge in [-0.05, 0) is 6.42 Å². The first-order valence-corrected chi connectivity index (χ1v) is 5.29. The van der Waals surface area contributed by atoms with Crippen LogP contribution in [0.5, 0.6) is 0 Å². The van der Waals surface area contributed by atoms with E-state index in [1.807, 2.05) is 0 Å². The van der Waals surface area contributed by atoms with Crippen LogP contribution < -0.4 is 0 Å². The van der Waals surface area contributed by atoms with Crippen molar-refractivity contribution in [1.82, 2.24) is 0 Å². The Morgan fingerprint density at radius 2 is 1.75 bits per heavy atom. The first kappa shape index (κ1) is 8.66. The second kappa shape index (κ2) is 2.79. The lowest BCUT2D eigenvalue weighted by Crippen LogP contribution is -2.45. The molecule has 0 unspecified atom stereocenters. The van der Waals surface area contributed by atoms with Gasteiger partial charge < -0.3 is 5.11 Å². The van der Waals surface area contributed by atoms with Gasteiger partial charge in [0.25, 0.3) is 0 Å². The van der Waals surface area contributed by atoms with Gasteiger partial charge in [-0.2, -0.15) is 0 Å². The van der Waals surface area contributed by atoms with Crippen molar-refractivity contribution in [3.8, 4) is 0 Å². The molecule has 0 amide bonds. The number of phosphoric acid groups is 1. The topological polar surface area (TPSA) is 65.0 Å². The number of aliphatic hydroxyl groups is 1. The Hall–Kier alpha value is 0.0700. The highest BCUT2D eigenvalue weighted by Crippen LogP contribution is 2.60. The van der Waals surface area contributed by atoms with Gasteiger partial charge in [0.2, 0.25) is 0 Å². The summed E-state index contributed by atoms with van der Waals surface area (Å²) in [6.45, 7) is 1.17. The van der Waals surface area contributed by atoms with E-state index in [9.17, 15) is 4.57 Å². The number of rotatable bonds is 2. The Kier molecular flexibility index (Phi) is 2.01. The second-order valence-corrected chi connectivity index (χ2v) is 4.91. The Morgan fingerprint density at radius 3 is 2.17 bits per heavy atom. The lowest BCUT2D eigenvalue weighted by atomic mass is 9.88. The van der Waals surface area contributed by atoms with Crippen LogP contribution >= 0.6 is 7.82 Å². The summed E-state index contributed by atoms with van der Waals surface area (Å²) in [7, 11) is -3.18. The fraction of sp³-hybridized carbons (Fsp3) is 1.00. The predicted octanol–water partition coefficient (Wildman–Crippen LogP) is 0.540. The maximum Gasteiger partial charge on any atom is 0.474 e. The maximum atomic E-state index is 11.3. The molecule has 0 aromatic carbocycles. The molecule has 1 N–H and O–H groups in total. The van der Waals surface area contributed by atoms with E-state index in [2.05, 4.69) is 0 Å². The molecule has 70 valence electrons. The molecule has 0 saturated carbocycles. The van der Waals surface area contributed by atoms with E-state index in [-0.39, 0.29) is 12.0 Å². The number of aliphatic hydroxyl groups excluding tert-OH is 1. The highest BCUT2D eigenvalue weighted by atomic mass is 31.2. The summed E-state index contributed by atoms with van der Waals surface area (Å²) in [5.41, 5.74) is -0.277. The smallest absolute Gasteiger partial charge is 0.396 e. The molecule has 0 aromatic heterocycles. The van der Waals surface area contributed by atoms with Gasteiger partial charge in [0.15, 0.2) is 0 Å². The molecule has 2 bridgehead atoms. The van der Waals surface area contributed by atoms with Crippen LogP contribution in [0.4, 0.5) is 0 Å². The molecule has 3 heterocycles. The first-order chi connectivity index (χ1) is 5.68. The molecule has 0 aromatic rings. The van der Waals surface area contributed by atoms with Crippen LogP contribution in [0.1, 0.15) is 6.42 Å². The molecule has 5 nitrogen and oxygen atoms in total.